The van der Waals surface area contributed by atoms with Crippen molar-refractivity contribution in [2.45, 2.75) is 26.3 Å². The number of amides is 1. The van der Waals surface area contributed by atoms with Crippen LogP contribution < -0.4 is 5.32 Å². The molecule has 0 spiro atoms. The van der Waals surface area contributed by atoms with E-state index in [-0.39, 0.29) is 11.9 Å². The van der Waals surface area contributed by atoms with Gasteiger partial charge in [0.15, 0.2) is 0 Å². The second-order valence-electron chi connectivity index (χ2n) is 7.35. The average Bonchev–Trinajstić information content (AvgIpc) is 3.12. The van der Waals surface area contributed by atoms with E-state index < -0.39 is 0 Å². The highest BCUT2D eigenvalue weighted by atomic mass is 16.1. The van der Waals surface area contributed by atoms with Gasteiger partial charge in [-0.3, -0.25) is 4.79 Å². The molecule has 1 heterocycles. The van der Waals surface area contributed by atoms with Crippen molar-refractivity contribution in [3.05, 3.63) is 101 Å². The van der Waals surface area contributed by atoms with Crippen molar-refractivity contribution in [3.63, 3.8) is 0 Å². The minimum absolute atomic E-state index is 0.0521. The van der Waals surface area contributed by atoms with E-state index in [1.54, 1.807) is 0 Å². The van der Waals surface area contributed by atoms with Crippen molar-refractivity contribution in [1.82, 2.24) is 14.9 Å². The van der Waals surface area contributed by atoms with Crippen LogP contribution in [0.4, 0.5) is 0 Å². The molecule has 1 unspecified atom stereocenters. The normalized spacial score (nSPS) is 12.1. The van der Waals surface area contributed by atoms with Gasteiger partial charge >= 0.3 is 0 Å². The molecule has 0 aliphatic rings. The zero-order chi connectivity index (χ0) is 20.2. The number of para-hydroxylation sites is 2. The van der Waals surface area contributed by atoms with Crippen molar-refractivity contribution in [1.29, 1.82) is 0 Å². The summed E-state index contributed by atoms with van der Waals surface area (Å²) in [5.41, 5.74) is 5.16. The van der Waals surface area contributed by atoms with Crippen LogP contribution in [0.2, 0.25) is 0 Å². The largest absolute Gasteiger partial charge is 0.352 e. The minimum Gasteiger partial charge on any atom is -0.352 e. The van der Waals surface area contributed by atoms with Gasteiger partial charge in [-0.25, -0.2) is 4.98 Å². The number of nitrogens with one attached hydrogen (secondary N) is 1. The van der Waals surface area contributed by atoms with Gasteiger partial charge in [-0.05, 0) is 43.7 Å². The summed E-state index contributed by atoms with van der Waals surface area (Å²) < 4.78 is 2.28. The van der Waals surface area contributed by atoms with Crippen LogP contribution in [-0.4, -0.2) is 22.0 Å². The molecule has 1 amide bonds. The monoisotopic (exact) mass is 383 g/mol. The lowest BCUT2D eigenvalue weighted by Crippen LogP contribution is -2.26. The number of benzene rings is 3. The van der Waals surface area contributed by atoms with Crippen molar-refractivity contribution in [2.75, 3.05) is 6.54 Å². The molecule has 0 saturated carbocycles. The lowest BCUT2D eigenvalue weighted by Gasteiger charge is -2.18. The number of aryl methyl sites for hydroxylation is 1. The predicted molar refractivity (Wildman–Crippen MR) is 117 cm³/mol. The summed E-state index contributed by atoms with van der Waals surface area (Å²) in [4.78, 5) is 17.3. The molecule has 146 valence electrons. The van der Waals surface area contributed by atoms with E-state index in [0.29, 0.717) is 18.5 Å². The average molecular weight is 383 g/mol. The van der Waals surface area contributed by atoms with Gasteiger partial charge in [0.05, 0.1) is 17.1 Å². The Bertz CT molecular complexity index is 1110. The first-order valence-corrected chi connectivity index (χ1v) is 9.99. The predicted octanol–water partition coefficient (Wildman–Crippen LogP) is 4.93. The third-order valence-corrected chi connectivity index (χ3v) is 5.29. The Kier molecular flexibility index (Phi) is 5.43. The molecule has 3 aromatic carbocycles. The van der Waals surface area contributed by atoms with Crippen LogP contribution in [0.3, 0.4) is 0 Å². The lowest BCUT2D eigenvalue weighted by molar-refractivity contribution is 0.0954. The lowest BCUT2D eigenvalue weighted by atomic mass is 10.1. The third kappa shape index (κ3) is 4.06. The highest BCUT2D eigenvalue weighted by Gasteiger charge is 2.17. The summed E-state index contributed by atoms with van der Waals surface area (Å²) in [5, 5.41) is 3.02. The zero-order valence-electron chi connectivity index (χ0n) is 16.8. The Hall–Kier alpha value is -3.40. The van der Waals surface area contributed by atoms with E-state index in [9.17, 15) is 4.79 Å². The molecule has 0 aliphatic carbocycles. The second-order valence-corrected chi connectivity index (χ2v) is 7.35. The number of fused-ring (bicyclic) bond motifs is 1. The molecule has 0 aliphatic heterocycles. The second kappa shape index (κ2) is 8.31. The van der Waals surface area contributed by atoms with E-state index in [4.69, 9.17) is 4.98 Å². The van der Waals surface area contributed by atoms with Gasteiger partial charge < -0.3 is 9.88 Å². The molecule has 1 atom stereocenters. The van der Waals surface area contributed by atoms with Gasteiger partial charge in [0.2, 0.25) is 0 Å². The summed E-state index contributed by atoms with van der Waals surface area (Å²) in [6, 6.07) is 26.4. The molecule has 0 radical (unpaired) electrons. The molecule has 4 nitrogen and oxygen atoms in total. The number of hydrogen-bond acceptors (Lipinski definition) is 2. The molecule has 4 aromatic rings. The highest BCUT2D eigenvalue weighted by Crippen LogP contribution is 2.26. The smallest absolute Gasteiger partial charge is 0.251 e. The Morgan fingerprint density at radius 3 is 2.41 bits per heavy atom. The molecule has 0 saturated heterocycles. The van der Waals surface area contributed by atoms with E-state index in [0.717, 1.165) is 22.4 Å². The standard InChI is InChI=1S/C25H25N3O/c1-18-12-14-21(15-13-18)25(29)26-17-16-24-27-22-10-6-7-11-23(22)28(24)19(2)20-8-4-3-5-9-20/h3-15,19H,16-17H2,1-2H3,(H,26,29). The summed E-state index contributed by atoms with van der Waals surface area (Å²) in [6.07, 6.45) is 0.670. The van der Waals surface area contributed by atoms with Crippen LogP contribution in [0, 0.1) is 6.92 Å². The molecular weight excluding hydrogens is 358 g/mol. The summed E-state index contributed by atoms with van der Waals surface area (Å²) in [6.45, 7) is 4.75. The molecule has 29 heavy (non-hydrogen) atoms. The SMILES string of the molecule is Cc1ccc(C(=O)NCCc2nc3ccccc3n2C(C)c2ccccc2)cc1. The third-order valence-electron chi connectivity index (χ3n) is 5.29. The summed E-state index contributed by atoms with van der Waals surface area (Å²) in [7, 11) is 0. The number of hydrogen-bond donors (Lipinski definition) is 1. The van der Waals surface area contributed by atoms with Gasteiger partial charge in [0.25, 0.3) is 5.91 Å². The Morgan fingerprint density at radius 1 is 0.966 bits per heavy atom. The van der Waals surface area contributed by atoms with Crippen molar-refractivity contribution in [2.24, 2.45) is 0 Å². The summed E-state index contributed by atoms with van der Waals surface area (Å²) >= 11 is 0. The fourth-order valence-electron chi connectivity index (χ4n) is 3.68. The van der Waals surface area contributed by atoms with Gasteiger partial charge in [-0.1, -0.05) is 60.2 Å². The number of carbonyl (C=O) groups excluding carboxylic acids is 1. The minimum atomic E-state index is -0.0521. The topological polar surface area (TPSA) is 46.9 Å². The molecular formula is C25H25N3O. The van der Waals surface area contributed by atoms with E-state index in [1.165, 1.54) is 5.56 Å². The van der Waals surface area contributed by atoms with Crippen LogP contribution in [0.15, 0.2) is 78.9 Å². The quantitative estimate of drug-likeness (QED) is 0.513. The van der Waals surface area contributed by atoms with Gasteiger partial charge in [-0.2, -0.15) is 0 Å². The molecule has 0 bridgehead atoms. The number of rotatable bonds is 6. The van der Waals surface area contributed by atoms with Gasteiger partial charge in [0, 0.05) is 18.5 Å². The first-order valence-electron chi connectivity index (χ1n) is 9.99. The number of nitrogens with zero attached hydrogens (tertiary/aromatic N) is 2. The Balaban J connectivity index is 1.55. The van der Waals surface area contributed by atoms with Crippen LogP contribution >= 0.6 is 0 Å². The van der Waals surface area contributed by atoms with E-state index in [1.807, 2.05) is 55.5 Å². The fraction of sp³-hybridized carbons (Fsp3) is 0.200. The number of imidazole rings is 1. The zero-order valence-corrected chi connectivity index (χ0v) is 16.8. The Morgan fingerprint density at radius 2 is 1.66 bits per heavy atom. The number of aromatic nitrogens is 2. The van der Waals surface area contributed by atoms with Crippen LogP contribution in [0.25, 0.3) is 11.0 Å². The van der Waals surface area contributed by atoms with E-state index in [2.05, 4.69) is 47.1 Å². The van der Waals surface area contributed by atoms with Crippen molar-refractivity contribution in [3.8, 4) is 0 Å². The molecule has 4 heteroatoms. The maximum absolute atomic E-state index is 12.4. The maximum atomic E-state index is 12.4. The fourth-order valence-corrected chi connectivity index (χ4v) is 3.68. The van der Waals surface area contributed by atoms with Crippen LogP contribution in [0.5, 0.6) is 0 Å². The first-order chi connectivity index (χ1) is 14.1. The summed E-state index contributed by atoms with van der Waals surface area (Å²) in [5.74, 6) is 0.926. The number of carbonyl (C=O) groups is 1. The molecule has 0 fully saturated rings. The van der Waals surface area contributed by atoms with Crippen LogP contribution in [-0.2, 0) is 6.42 Å². The van der Waals surface area contributed by atoms with E-state index >= 15 is 0 Å². The highest BCUT2D eigenvalue weighted by molar-refractivity contribution is 5.94. The van der Waals surface area contributed by atoms with Crippen molar-refractivity contribution < 1.29 is 4.79 Å². The van der Waals surface area contributed by atoms with Crippen molar-refractivity contribution >= 4 is 16.9 Å². The van der Waals surface area contributed by atoms with Gasteiger partial charge in [0.1, 0.15) is 5.82 Å². The van der Waals surface area contributed by atoms with Gasteiger partial charge in [-0.15, -0.1) is 0 Å². The molecule has 4 rings (SSSR count). The van der Waals surface area contributed by atoms with Crippen LogP contribution in [0.1, 0.15) is 40.3 Å². The first kappa shape index (κ1) is 18.9. The Labute approximate surface area is 171 Å². The molecule has 1 N–H and O–H groups in total. The maximum Gasteiger partial charge on any atom is 0.251 e. The molecule has 1 aromatic heterocycles.